The summed E-state index contributed by atoms with van der Waals surface area (Å²) in [6.07, 6.45) is 3.40. The maximum atomic E-state index is 10.6. The van der Waals surface area contributed by atoms with E-state index < -0.39 is 5.97 Å². The number of rotatable bonds is 5. The van der Waals surface area contributed by atoms with E-state index in [1.165, 1.54) is 5.56 Å². The molecule has 114 valence electrons. The zero-order chi connectivity index (χ0) is 14.7. The van der Waals surface area contributed by atoms with E-state index in [9.17, 15) is 4.79 Å². The molecule has 0 spiro atoms. The van der Waals surface area contributed by atoms with Crippen molar-refractivity contribution in [3.8, 4) is 5.75 Å². The molecule has 1 atom stereocenters. The Morgan fingerprint density at radius 2 is 2.05 bits per heavy atom. The number of benzene rings is 1. The third-order valence-corrected chi connectivity index (χ3v) is 4.75. The molecule has 4 nitrogen and oxygen atoms in total. The van der Waals surface area contributed by atoms with Gasteiger partial charge >= 0.3 is 5.97 Å². The number of likely N-dealkylation sites (tertiary alicyclic amines) is 1. The van der Waals surface area contributed by atoms with Crippen LogP contribution < -0.4 is 4.74 Å². The first kappa shape index (κ1) is 14.4. The SMILES string of the molecule is O=C(O)CCC1CCN(CC2COc3ccccc32)CC1. The first-order valence-corrected chi connectivity index (χ1v) is 7.88. The van der Waals surface area contributed by atoms with Gasteiger partial charge in [0.2, 0.25) is 0 Å². The van der Waals surface area contributed by atoms with E-state index in [0.29, 0.717) is 18.3 Å². The Labute approximate surface area is 125 Å². The summed E-state index contributed by atoms with van der Waals surface area (Å²) in [5.41, 5.74) is 1.34. The summed E-state index contributed by atoms with van der Waals surface area (Å²) in [6, 6.07) is 8.33. The molecular formula is C17H23NO3. The lowest BCUT2D eigenvalue weighted by Crippen LogP contribution is -2.37. The first-order chi connectivity index (χ1) is 10.2. The molecule has 1 aromatic rings. The second-order valence-corrected chi connectivity index (χ2v) is 6.22. The van der Waals surface area contributed by atoms with Crippen molar-refractivity contribution in [1.29, 1.82) is 0 Å². The van der Waals surface area contributed by atoms with Gasteiger partial charge in [0.15, 0.2) is 0 Å². The minimum absolute atomic E-state index is 0.314. The van der Waals surface area contributed by atoms with Crippen molar-refractivity contribution in [3.63, 3.8) is 0 Å². The number of carboxylic acids is 1. The number of fused-ring (bicyclic) bond motifs is 1. The van der Waals surface area contributed by atoms with E-state index in [-0.39, 0.29) is 0 Å². The van der Waals surface area contributed by atoms with E-state index in [0.717, 1.165) is 51.3 Å². The number of carboxylic acid groups (broad SMARTS) is 1. The van der Waals surface area contributed by atoms with E-state index in [1.54, 1.807) is 0 Å². The van der Waals surface area contributed by atoms with Crippen molar-refractivity contribution in [1.82, 2.24) is 4.90 Å². The molecule has 1 fully saturated rings. The predicted octanol–water partition coefficient (Wildman–Crippen LogP) is 2.74. The first-order valence-electron chi connectivity index (χ1n) is 7.88. The number of nitrogens with zero attached hydrogens (tertiary/aromatic N) is 1. The summed E-state index contributed by atoms with van der Waals surface area (Å²) >= 11 is 0. The lowest BCUT2D eigenvalue weighted by molar-refractivity contribution is -0.137. The number of ether oxygens (including phenoxy) is 1. The average Bonchev–Trinajstić information content (AvgIpc) is 2.90. The molecule has 2 heterocycles. The number of piperidine rings is 1. The average molecular weight is 289 g/mol. The molecule has 0 saturated carbocycles. The molecule has 3 rings (SSSR count). The lowest BCUT2D eigenvalue weighted by Gasteiger charge is -2.33. The summed E-state index contributed by atoms with van der Waals surface area (Å²) in [5, 5.41) is 8.75. The Morgan fingerprint density at radius 3 is 2.81 bits per heavy atom. The molecule has 2 aliphatic rings. The van der Waals surface area contributed by atoms with Gasteiger partial charge in [0.05, 0.1) is 6.61 Å². The van der Waals surface area contributed by atoms with E-state index in [4.69, 9.17) is 9.84 Å². The summed E-state index contributed by atoms with van der Waals surface area (Å²) < 4.78 is 5.75. The van der Waals surface area contributed by atoms with Crippen molar-refractivity contribution < 1.29 is 14.6 Å². The fraction of sp³-hybridized carbons (Fsp3) is 0.588. The van der Waals surface area contributed by atoms with Gasteiger partial charge < -0.3 is 14.7 Å². The Balaban J connectivity index is 1.47. The van der Waals surface area contributed by atoms with Crippen molar-refractivity contribution in [2.45, 2.75) is 31.6 Å². The highest BCUT2D eigenvalue weighted by Crippen LogP contribution is 2.34. The predicted molar refractivity (Wildman–Crippen MR) is 80.7 cm³/mol. The van der Waals surface area contributed by atoms with Crippen LogP contribution in [0.25, 0.3) is 0 Å². The van der Waals surface area contributed by atoms with Crippen LogP contribution in [-0.2, 0) is 4.79 Å². The molecule has 0 aliphatic carbocycles. The zero-order valence-corrected chi connectivity index (χ0v) is 12.3. The van der Waals surface area contributed by atoms with Crippen LogP contribution in [0.15, 0.2) is 24.3 Å². The molecule has 4 heteroatoms. The smallest absolute Gasteiger partial charge is 0.303 e. The minimum atomic E-state index is -0.669. The third kappa shape index (κ3) is 3.56. The van der Waals surface area contributed by atoms with Crippen LogP contribution in [0.1, 0.15) is 37.2 Å². The Hall–Kier alpha value is -1.55. The highest BCUT2D eigenvalue weighted by atomic mass is 16.5. The van der Waals surface area contributed by atoms with Crippen LogP contribution in [0, 0.1) is 5.92 Å². The van der Waals surface area contributed by atoms with E-state index >= 15 is 0 Å². The summed E-state index contributed by atoms with van der Waals surface area (Å²) in [6.45, 7) is 4.02. The van der Waals surface area contributed by atoms with Gasteiger partial charge in [-0.05, 0) is 44.3 Å². The molecule has 1 N–H and O–H groups in total. The normalized spacial score (nSPS) is 22.8. The molecule has 0 aromatic heterocycles. The number of para-hydroxylation sites is 1. The number of carbonyl (C=O) groups is 1. The van der Waals surface area contributed by atoms with Gasteiger partial charge in [-0.2, -0.15) is 0 Å². The van der Waals surface area contributed by atoms with Crippen molar-refractivity contribution in [3.05, 3.63) is 29.8 Å². The number of hydrogen-bond acceptors (Lipinski definition) is 3. The third-order valence-electron chi connectivity index (χ3n) is 4.75. The summed E-state index contributed by atoms with van der Waals surface area (Å²) in [7, 11) is 0. The van der Waals surface area contributed by atoms with E-state index in [1.807, 2.05) is 12.1 Å². The van der Waals surface area contributed by atoms with Crippen molar-refractivity contribution in [2.24, 2.45) is 5.92 Å². The standard InChI is InChI=1S/C17H23NO3/c19-17(20)6-5-13-7-9-18(10-8-13)11-14-12-21-16-4-2-1-3-15(14)16/h1-4,13-14H,5-12H2,(H,19,20). The quantitative estimate of drug-likeness (QED) is 0.905. The van der Waals surface area contributed by atoms with Crippen LogP contribution in [0.3, 0.4) is 0 Å². The van der Waals surface area contributed by atoms with Gasteiger partial charge in [0.1, 0.15) is 5.75 Å². The van der Waals surface area contributed by atoms with Crippen LogP contribution in [0.2, 0.25) is 0 Å². The maximum absolute atomic E-state index is 10.6. The second kappa shape index (κ2) is 6.48. The van der Waals surface area contributed by atoms with Crippen LogP contribution in [0.4, 0.5) is 0 Å². The topological polar surface area (TPSA) is 49.8 Å². The van der Waals surface area contributed by atoms with Crippen molar-refractivity contribution in [2.75, 3.05) is 26.2 Å². The molecule has 1 unspecified atom stereocenters. The van der Waals surface area contributed by atoms with Crippen LogP contribution in [0.5, 0.6) is 5.75 Å². The molecule has 1 aromatic carbocycles. The molecule has 21 heavy (non-hydrogen) atoms. The highest BCUT2D eigenvalue weighted by molar-refractivity contribution is 5.66. The zero-order valence-electron chi connectivity index (χ0n) is 12.3. The fourth-order valence-corrected chi connectivity index (χ4v) is 3.48. The molecule has 2 aliphatic heterocycles. The highest BCUT2D eigenvalue weighted by Gasteiger charge is 2.27. The second-order valence-electron chi connectivity index (χ2n) is 6.22. The molecule has 0 bridgehead atoms. The van der Waals surface area contributed by atoms with Crippen LogP contribution in [-0.4, -0.2) is 42.2 Å². The monoisotopic (exact) mass is 289 g/mol. The minimum Gasteiger partial charge on any atom is -0.493 e. The summed E-state index contributed by atoms with van der Waals surface area (Å²) in [4.78, 5) is 13.1. The Morgan fingerprint density at radius 1 is 1.29 bits per heavy atom. The van der Waals surface area contributed by atoms with Gasteiger partial charge in [0, 0.05) is 24.4 Å². The van der Waals surface area contributed by atoms with Gasteiger partial charge in [-0.3, -0.25) is 4.79 Å². The fourth-order valence-electron chi connectivity index (χ4n) is 3.48. The maximum Gasteiger partial charge on any atom is 0.303 e. The molecule has 0 radical (unpaired) electrons. The van der Waals surface area contributed by atoms with Crippen LogP contribution >= 0.6 is 0 Å². The number of hydrogen-bond donors (Lipinski definition) is 1. The Bertz CT molecular complexity index is 495. The molecule has 0 amide bonds. The van der Waals surface area contributed by atoms with Crippen molar-refractivity contribution >= 4 is 5.97 Å². The Kier molecular flexibility index (Phi) is 4.44. The van der Waals surface area contributed by atoms with Gasteiger partial charge in [-0.25, -0.2) is 0 Å². The molecular weight excluding hydrogens is 266 g/mol. The number of aliphatic carboxylic acids is 1. The summed E-state index contributed by atoms with van der Waals surface area (Å²) in [5.74, 6) is 1.44. The molecule has 1 saturated heterocycles. The van der Waals surface area contributed by atoms with E-state index in [2.05, 4.69) is 17.0 Å². The largest absolute Gasteiger partial charge is 0.493 e. The van der Waals surface area contributed by atoms with Gasteiger partial charge in [-0.15, -0.1) is 0 Å². The lowest BCUT2D eigenvalue weighted by atomic mass is 9.91. The van der Waals surface area contributed by atoms with Gasteiger partial charge in [-0.1, -0.05) is 18.2 Å². The van der Waals surface area contributed by atoms with Gasteiger partial charge in [0.25, 0.3) is 0 Å².